The van der Waals surface area contributed by atoms with Gasteiger partial charge in [0.2, 0.25) is 0 Å². The van der Waals surface area contributed by atoms with E-state index in [9.17, 15) is 4.79 Å². The molecule has 6 heteroatoms. The lowest BCUT2D eigenvalue weighted by molar-refractivity contribution is 0.0735. The van der Waals surface area contributed by atoms with E-state index in [-0.39, 0.29) is 11.9 Å². The van der Waals surface area contributed by atoms with Crippen LogP contribution in [0.2, 0.25) is 0 Å². The zero-order chi connectivity index (χ0) is 18.2. The highest BCUT2D eigenvalue weighted by Gasteiger charge is 2.32. The minimum Gasteiger partial charge on any atom is -0.329 e. The van der Waals surface area contributed by atoms with Gasteiger partial charge in [-0.1, -0.05) is 30.3 Å². The van der Waals surface area contributed by atoms with Crippen LogP contribution in [0.25, 0.3) is 16.9 Å². The first-order valence-electron chi connectivity index (χ1n) is 9.04. The molecule has 1 aliphatic rings. The van der Waals surface area contributed by atoms with Crippen molar-refractivity contribution in [1.82, 2.24) is 19.3 Å². The van der Waals surface area contributed by atoms with Crippen LogP contribution < -0.4 is 0 Å². The fourth-order valence-electron chi connectivity index (χ4n) is 3.70. The van der Waals surface area contributed by atoms with Crippen LogP contribution in [0.15, 0.2) is 66.4 Å². The Labute approximate surface area is 160 Å². The van der Waals surface area contributed by atoms with Gasteiger partial charge in [-0.2, -0.15) is 0 Å². The summed E-state index contributed by atoms with van der Waals surface area (Å²) in [5, 5.41) is 3.00. The monoisotopic (exact) mass is 374 g/mol. The Balaban J connectivity index is 1.47. The smallest absolute Gasteiger partial charge is 0.255 e. The number of carbonyl (C=O) groups excluding carboxylic acids is 1. The minimum atomic E-state index is 0.0598. The molecule has 0 radical (unpaired) electrons. The van der Waals surface area contributed by atoms with E-state index in [1.54, 1.807) is 11.3 Å². The van der Waals surface area contributed by atoms with Gasteiger partial charge in [0.1, 0.15) is 10.7 Å². The van der Waals surface area contributed by atoms with Gasteiger partial charge in [-0.05, 0) is 25.0 Å². The number of likely N-dealkylation sites (tertiary alicyclic amines) is 1. The number of hydrogen-bond acceptors (Lipinski definition) is 4. The molecule has 3 aromatic heterocycles. The summed E-state index contributed by atoms with van der Waals surface area (Å²) in [4.78, 5) is 24.2. The van der Waals surface area contributed by atoms with Crippen molar-refractivity contribution in [2.45, 2.75) is 18.9 Å². The number of imidazole rings is 1. The van der Waals surface area contributed by atoms with E-state index in [4.69, 9.17) is 0 Å². The first-order chi connectivity index (χ1) is 13.3. The molecule has 0 spiro atoms. The summed E-state index contributed by atoms with van der Waals surface area (Å²) in [6.45, 7) is 0.778. The van der Waals surface area contributed by atoms with Gasteiger partial charge in [0.25, 0.3) is 5.91 Å². The molecule has 1 saturated heterocycles. The number of thiazole rings is 1. The molecule has 1 aliphatic heterocycles. The molecule has 1 aromatic carbocycles. The Morgan fingerprint density at radius 1 is 1.11 bits per heavy atom. The second kappa shape index (κ2) is 6.63. The normalized spacial score (nSPS) is 16.9. The highest BCUT2D eigenvalue weighted by atomic mass is 32.1. The number of fused-ring (bicyclic) bond motifs is 1. The Morgan fingerprint density at radius 3 is 2.81 bits per heavy atom. The zero-order valence-corrected chi connectivity index (χ0v) is 15.5. The molecular weight excluding hydrogens is 356 g/mol. The lowest BCUT2D eigenvalue weighted by Gasteiger charge is -2.23. The van der Waals surface area contributed by atoms with E-state index in [1.807, 2.05) is 75.7 Å². The summed E-state index contributed by atoms with van der Waals surface area (Å²) in [5.41, 5.74) is 3.49. The van der Waals surface area contributed by atoms with Crippen LogP contribution in [0, 0.1) is 0 Å². The van der Waals surface area contributed by atoms with Gasteiger partial charge in [0.05, 0.1) is 17.3 Å². The number of aromatic nitrogens is 3. The van der Waals surface area contributed by atoms with Crippen molar-refractivity contribution >= 4 is 22.9 Å². The first-order valence-corrected chi connectivity index (χ1v) is 9.92. The molecule has 4 aromatic rings. The van der Waals surface area contributed by atoms with Crippen molar-refractivity contribution in [2.75, 3.05) is 6.54 Å². The average Bonchev–Trinajstić information content (AvgIpc) is 3.47. The summed E-state index contributed by atoms with van der Waals surface area (Å²) in [6.07, 6.45) is 7.66. The van der Waals surface area contributed by atoms with Crippen LogP contribution in [-0.4, -0.2) is 31.7 Å². The van der Waals surface area contributed by atoms with E-state index in [2.05, 4.69) is 9.97 Å². The molecule has 0 bridgehead atoms. The second-order valence-electron chi connectivity index (χ2n) is 6.70. The third-order valence-electron chi connectivity index (χ3n) is 5.02. The van der Waals surface area contributed by atoms with Gasteiger partial charge in [-0.15, -0.1) is 11.3 Å². The fourth-order valence-corrected chi connectivity index (χ4v) is 4.48. The van der Waals surface area contributed by atoms with Crippen molar-refractivity contribution in [3.63, 3.8) is 0 Å². The third kappa shape index (κ3) is 2.92. The summed E-state index contributed by atoms with van der Waals surface area (Å²) >= 11 is 1.62. The molecule has 1 unspecified atom stereocenters. The van der Waals surface area contributed by atoms with Crippen LogP contribution in [-0.2, 0) is 0 Å². The summed E-state index contributed by atoms with van der Waals surface area (Å²) in [5.74, 6) is 0.0598. The summed E-state index contributed by atoms with van der Waals surface area (Å²) in [7, 11) is 0. The highest BCUT2D eigenvalue weighted by Crippen LogP contribution is 2.34. The summed E-state index contributed by atoms with van der Waals surface area (Å²) in [6, 6.07) is 13.9. The van der Waals surface area contributed by atoms with E-state index in [0.717, 1.165) is 41.3 Å². The molecule has 4 heterocycles. The maximum Gasteiger partial charge on any atom is 0.255 e. The van der Waals surface area contributed by atoms with Gasteiger partial charge in [-0.25, -0.2) is 9.97 Å². The van der Waals surface area contributed by atoms with E-state index < -0.39 is 0 Å². The number of hydrogen-bond donors (Lipinski definition) is 0. The Kier molecular flexibility index (Phi) is 3.98. The molecule has 5 nitrogen and oxygen atoms in total. The molecule has 0 saturated carbocycles. The number of pyridine rings is 1. The second-order valence-corrected chi connectivity index (χ2v) is 7.63. The lowest BCUT2D eigenvalue weighted by Crippen LogP contribution is -2.30. The number of benzene rings is 1. The van der Waals surface area contributed by atoms with Crippen molar-refractivity contribution in [3.8, 4) is 11.3 Å². The molecule has 1 atom stereocenters. The SMILES string of the molecule is O=C(c1ccc2nc(-c3ccccc3)cn2c1)N1CCCC1c1nccs1. The molecule has 134 valence electrons. The van der Waals surface area contributed by atoms with Gasteiger partial charge in [0.15, 0.2) is 0 Å². The molecule has 27 heavy (non-hydrogen) atoms. The maximum absolute atomic E-state index is 13.1. The van der Waals surface area contributed by atoms with Crippen LogP contribution in [0.3, 0.4) is 0 Å². The van der Waals surface area contributed by atoms with E-state index >= 15 is 0 Å². The van der Waals surface area contributed by atoms with E-state index in [0.29, 0.717) is 5.56 Å². The van der Waals surface area contributed by atoms with Gasteiger partial charge in [0, 0.05) is 36.1 Å². The number of rotatable bonds is 3. The van der Waals surface area contributed by atoms with Crippen molar-refractivity contribution in [1.29, 1.82) is 0 Å². The number of carbonyl (C=O) groups is 1. The summed E-state index contributed by atoms with van der Waals surface area (Å²) < 4.78 is 1.93. The Morgan fingerprint density at radius 2 is 2.00 bits per heavy atom. The number of amides is 1. The van der Waals surface area contributed by atoms with Crippen molar-refractivity contribution < 1.29 is 4.79 Å². The molecule has 5 rings (SSSR count). The maximum atomic E-state index is 13.1. The van der Waals surface area contributed by atoms with Crippen molar-refractivity contribution in [2.24, 2.45) is 0 Å². The molecule has 1 amide bonds. The largest absolute Gasteiger partial charge is 0.329 e. The van der Waals surface area contributed by atoms with Gasteiger partial charge in [-0.3, -0.25) is 4.79 Å². The third-order valence-corrected chi connectivity index (χ3v) is 5.89. The van der Waals surface area contributed by atoms with Crippen LogP contribution >= 0.6 is 11.3 Å². The molecular formula is C21H18N4OS. The standard InChI is InChI=1S/C21H18N4OS/c26-21(25-11-4-7-18(25)20-22-10-12-27-20)16-8-9-19-23-17(14-24(19)13-16)15-5-2-1-3-6-15/h1-3,5-6,8-10,12-14,18H,4,7,11H2. The number of nitrogens with zero attached hydrogens (tertiary/aromatic N) is 4. The fraction of sp³-hybridized carbons (Fsp3) is 0.190. The van der Waals surface area contributed by atoms with Crippen LogP contribution in [0.1, 0.15) is 34.2 Å². The first kappa shape index (κ1) is 16.2. The molecule has 0 N–H and O–H groups in total. The quantitative estimate of drug-likeness (QED) is 0.533. The molecule has 1 fully saturated rings. The van der Waals surface area contributed by atoms with Crippen LogP contribution in [0.4, 0.5) is 0 Å². The average molecular weight is 374 g/mol. The topological polar surface area (TPSA) is 50.5 Å². The van der Waals surface area contributed by atoms with E-state index in [1.165, 1.54) is 0 Å². The minimum absolute atomic E-state index is 0.0598. The predicted octanol–water partition coefficient (Wildman–Crippen LogP) is 4.44. The predicted molar refractivity (Wildman–Crippen MR) is 106 cm³/mol. The lowest BCUT2D eigenvalue weighted by atomic mass is 10.2. The van der Waals surface area contributed by atoms with Gasteiger partial charge >= 0.3 is 0 Å². The van der Waals surface area contributed by atoms with Gasteiger partial charge < -0.3 is 9.30 Å². The molecule has 0 aliphatic carbocycles. The Hall–Kier alpha value is -2.99. The zero-order valence-electron chi connectivity index (χ0n) is 14.7. The van der Waals surface area contributed by atoms with Crippen LogP contribution in [0.5, 0.6) is 0 Å². The Bertz CT molecular complexity index is 1090. The van der Waals surface area contributed by atoms with Crippen molar-refractivity contribution in [3.05, 3.63) is 77.0 Å². The highest BCUT2D eigenvalue weighted by molar-refractivity contribution is 7.09.